The van der Waals surface area contributed by atoms with E-state index in [1.165, 1.54) is 16.6 Å². The van der Waals surface area contributed by atoms with Crippen molar-refractivity contribution in [1.29, 1.82) is 0 Å². The van der Waals surface area contributed by atoms with Gasteiger partial charge in [-0.15, -0.1) is 0 Å². The molecule has 44 heavy (non-hydrogen) atoms. The number of carbonyl (C=O) groups is 1. The number of rotatable bonds is 9. The summed E-state index contributed by atoms with van der Waals surface area (Å²) < 4.78 is 58.7. The Morgan fingerprint density at radius 2 is 1.77 bits per heavy atom. The molecular formula is C34H38FNO7S. The topological polar surface area (TPSA) is 102 Å². The highest BCUT2D eigenvalue weighted by molar-refractivity contribution is 7.88. The van der Waals surface area contributed by atoms with Crippen molar-refractivity contribution in [3.05, 3.63) is 76.1 Å². The van der Waals surface area contributed by atoms with Crippen LogP contribution in [0.15, 0.2) is 42.5 Å². The summed E-state index contributed by atoms with van der Waals surface area (Å²) in [6.07, 6.45) is 3.69. The lowest BCUT2D eigenvalue weighted by Crippen LogP contribution is -2.39. The number of hydrogen-bond acceptors (Lipinski definition) is 6. The Bertz CT molecular complexity index is 1670. The van der Waals surface area contributed by atoms with Gasteiger partial charge in [-0.3, -0.25) is 4.79 Å². The second-order valence-electron chi connectivity index (χ2n) is 12.3. The van der Waals surface area contributed by atoms with Crippen molar-refractivity contribution in [3.63, 3.8) is 0 Å². The third kappa shape index (κ3) is 6.15. The zero-order valence-electron chi connectivity index (χ0n) is 25.3. The first-order chi connectivity index (χ1) is 21.0. The molecule has 8 nitrogen and oxygen atoms in total. The van der Waals surface area contributed by atoms with Crippen LogP contribution in [0.5, 0.6) is 17.2 Å². The molecule has 0 radical (unpaired) electrons. The molecule has 2 heterocycles. The van der Waals surface area contributed by atoms with Crippen LogP contribution in [0, 0.1) is 25.6 Å². The molecule has 0 amide bonds. The molecule has 0 unspecified atom stereocenters. The Kier molecular flexibility index (Phi) is 8.32. The number of piperidine rings is 1. The van der Waals surface area contributed by atoms with E-state index < -0.39 is 22.1 Å². The number of halogens is 1. The first-order valence-corrected chi connectivity index (χ1v) is 17.0. The Hall–Kier alpha value is -3.63. The molecule has 1 fully saturated rings. The summed E-state index contributed by atoms with van der Waals surface area (Å²) >= 11 is 0. The molecular weight excluding hydrogens is 585 g/mol. The summed E-state index contributed by atoms with van der Waals surface area (Å²) in [5.41, 5.74) is 6.52. The standard InChI is InChI=1S/C34H38FNO7S/c1-20-14-25(41-18-22-10-12-36(13-11-22)44(3,39)40)15-21(2)33(20)27-6-8-29(35)34-28(27)7-9-30(34)43-24-4-5-26-23(16-32(37)38)19-42-31(26)17-24/h4-6,8,14-15,17,22-23,30H,7,9-13,16,18-19H2,1-3H3,(H,37,38)/t23-,30-/m1/s1. The average Bonchev–Trinajstić information content (AvgIpc) is 3.57. The van der Waals surface area contributed by atoms with Gasteiger partial charge in [0.2, 0.25) is 10.0 Å². The van der Waals surface area contributed by atoms with Crippen LogP contribution in [0.3, 0.4) is 0 Å². The number of benzene rings is 3. The number of carboxylic acid groups (broad SMARTS) is 1. The van der Waals surface area contributed by atoms with Gasteiger partial charge in [0.15, 0.2) is 0 Å². The van der Waals surface area contributed by atoms with E-state index in [0.717, 1.165) is 52.0 Å². The maximum absolute atomic E-state index is 15.3. The number of sulfonamides is 1. The van der Waals surface area contributed by atoms with Crippen molar-refractivity contribution in [1.82, 2.24) is 4.31 Å². The lowest BCUT2D eigenvalue weighted by atomic mass is 9.90. The number of hydrogen-bond donors (Lipinski definition) is 1. The maximum atomic E-state index is 15.3. The van der Waals surface area contributed by atoms with Crippen LogP contribution in [-0.4, -0.2) is 56.4 Å². The largest absolute Gasteiger partial charge is 0.493 e. The molecule has 234 valence electrons. The van der Waals surface area contributed by atoms with Crippen molar-refractivity contribution in [3.8, 4) is 28.4 Å². The van der Waals surface area contributed by atoms with Gasteiger partial charge in [0, 0.05) is 36.2 Å². The summed E-state index contributed by atoms with van der Waals surface area (Å²) in [5, 5.41) is 9.18. The minimum Gasteiger partial charge on any atom is -0.493 e. The first kappa shape index (κ1) is 30.4. The summed E-state index contributed by atoms with van der Waals surface area (Å²) in [4.78, 5) is 11.2. The fraction of sp³-hybridized carbons (Fsp3) is 0.441. The monoisotopic (exact) mass is 623 g/mol. The molecule has 3 aromatic rings. The van der Waals surface area contributed by atoms with E-state index in [4.69, 9.17) is 14.2 Å². The number of carboxylic acids is 1. The summed E-state index contributed by atoms with van der Waals surface area (Å²) in [6, 6.07) is 12.9. The quantitative estimate of drug-likeness (QED) is 0.304. The highest BCUT2D eigenvalue weighted by Crippen LogP contribution is 2.45. The van der Waals surface area contributed by atoms with Crippen LogP contribution in [0.1, 0.15) is 65.5 Å². The fourth-order valence-electron chi connectivity index (χ4n) is 6.95. The van der Waals surface area contributed by atoms with Gasteiger partial charge in [-0.2, -0.15) is 0 Å². The van der Waals surface area contributed by atoms with Crippen molar-refractivity contribution < 1.29 is 36.9 Å². The summed E-state index contributed by atoms with van der Waals surface area (Å²) in [6.45, 7) is 5.99. The van der Waals surface area contributed by atoms with Gasteiger partial charge in [0.05, 0.1) is 25.9 Å². The third-order valence-corrected chi connectivity index (χ3v) is 10.5. The number of aliphatic carboxylic acids is 1. The van der Waals surface area contributed by atoms with E-state index in [1.807, 2.05) is 44.2 Å². The molecule has 10 heteroatoms. The van der Waals surface area contributed by atoms with Crippen LogP contribution in [0.25, 0.3) is 11.1 Å². The highest BCUT2D eigenvalue weighted by Gasteiger charge is 2.32. The predicted molar refractivity (Wildman–Crippen MR) is 165 cm³/mol. The van der Waals surface area contributed by atoms with Crippen molar-refractivity contribution in [2.24, 2.45) is 5.92 Å². The number of nitrogens with zero attached hydrogens (tertiary/aromatic N) is 1. The summed E-state index contributed by atoms with van der Waals surface area (Å²) in [5.74, 6) is 0.923. The van der Waals surface area contributed by atoms with Gasteiger partial charge < -0.3 is 19.3 Å². The van der Waals surface area contributed by atoms with Crippen LogP contribution < -0.4 is 14.2 Å². The molecule has 0 aromatic heterocycles. The van der Waals surface area contributed by atoms with Crippen LogP contribution in [-0.2, 0) is 21.2 Å². The minimum atomic E-state index is -3.15. The molecule has 0 saturated carbocycles. The lowest BCUT2D eigenvalue weighted by molar-refractivity contribution is -0.137. The van der Waals surface area contributed by atoms with Crippen molar-refractivity contribution >= 4 is 16.0 Å². The lowest BCUT2D eigenvalue weighted by Gasteiger charge is -2.30. The van der Waals surface area contributed by atoms with E-state index >= 15 is 4.39 Å². The molecule has 3 aliphatic rings. The van der Waals surface area contributed by atoms with E-state index in [2.05, 4.69) is 0 Å². The van der Waals surface area contributed by atoms with E-state index in [0.29, 0.717) is 62.1 Å². The van der Waals surface area contributed by atoms with Crippen molar-refractivity contribution in [2.45, 2.75) is 58.0 Å². The Morgan fingerprint density at radius 1 is 1.05 bits per heavy atom. The van der Waals surface area contributed by atoms with Gasteiger partial charge in [-0.25, -0.2) is 17.1 Å². The molecule has 1 aliphatic carbocycles. The maximum Gasteiger partial charge on any atom is 0.304 e. The molecule has 2 aliphatic heterocycles. The third-order valence-electron chi connectivity index (χ3n) is 9.15. The van der Waals surface area contributed by atoms with Gasteiger partial charge in [0.1, 0.15) is 29.2 Å². The first-order valence-electron chi connectivity index (χ1n) is 15.1. The minimum absolute atomic E-state index is 0.00973. The Balaban J connectivity index is 1.17. The molecule has 3 aromatic carbocycles. The molecule has 2 atom stereocenters. The molecule has 1 N–H and O–H groups in total. The van der Waals surface area contributed by atoms with Crippen LogP contribution >= 0.6 is 0 Å². The molecule has 0 spiro atoms. The fourth-order valence-corrected chi connectivity index (χ4v) is 7.83. The normalized spacial score (nSPS) is 20.2. The van der Waals surface area contributed by atoms with E-state index in [9.17, 15) is 18.3 Å². The zero-order chi connectivity index (χ0) is 31.2. The van der Waals surface area contributed by atoms with Gasteiger partial charge in [0.25, 0.3) is 0 Å². The second-order valence-corrected chi connectivity index (χ2v) is 14.3. The smallest absolute Gasteiger partial charge is 0.304 e. The Morgan fingerprint density at radius 3 is 2.45 bits per heavy atom. The SMILES string of the molecule is Cc1cc(OCC2CCN(S(C)(=O)=O)CC2)cc(C)c1-c1ccc(F)c2c1CC[C@H]2Oc1ccc2c(c1)OC[C@H]2CC(=O)O. The highest BCUT2D eigenvalue weighted by atomic mass is 32.2. The molecule has 0 bridgehead atoms. The number of fused-ring (bicyclic) bond motifs is 2. The van der Waals surface area contributed by atoms with E-state index in [1.54, 1.807) is 6.07 Å². The van der Waals surface area contributed by atoms with E-state index in [-0.39, 0.29) is 18.2 Å². The van der Waals surface area contributed by atoms with Gasteiger partial charge >= 0.3 is 5.97 Å². The Labute approximate surface area is 257 Å². The zero-order valence-corrected chi connectivity index (χ0v) is 26.1. The average molecular weight is 624 g/mol. The second kappa shape index (κ2) is 12.0. The molecule has 6 rings (SSSR count). The number of ether oxygens (including phenoxy) is 3. The van der Waals surface area contributed by atoms with Crippen LogP contribution in [0.4, 0.5) is 4.39 Å². The molecule has 1 saturated heterocycles. The van der Waals surface area contributed by atoms with Gasteiger partial charge in [-0.1, -0.05) is 12.1 Å². The number of aryl methyl sites for hydroxylation is 2. The van der Waals surface area contributed by atoms with Crippen molar-refractivity contribution in [2.75, 3.05) is 32.6 Å². The predicted octanol–water partition coefficient (Wildman–Crippen LogP) is 6.18. The van der Waals surface area contributed by atoms with Gasteiger partial charge in [-0.05, 0) is 97.5 Å². The van der Waals surface area contributed by atoms with Crippen LogP contribution in [0.2, 0.25) is 0 Å². The summed E-state index contributed by atoms with van der Waals surface area (Å²) in [7, 11) is -3.15.